The molecule has 172 valence electrons. The van der Waals surface area contributed by atoms with Crippen LogP contribution in [0, 0.1) is 11.3 Å². The maximum atomic E-state index is 8.90. The number of aromatic nitrogens is 3. The summed E-state index contributed by atoms with van der Waals surface area (Å²) < 4.78 is 7.45. The smallest absolute Gasteiger partial charge is 0.138 e. The summed E-state index contributed by atoms with van der Waals surface area (Å²) in [5.74, 6) is 2.32. The van der Waals surface area contributed by atoms with Gasteiger partial charge in [0.15, 0.2) is 0 Å². The minimum absolute atomic E-state index is 0.410. The van der Waals surface area contributed by atoms with Gasteiger partial charge in [0.25, 0.3) is 0 Å². The summed E-state index contributed by atoms with van der Waals surface area (Å²) in [5, 5.41) is 20.1. The van der Waals surface area contributed by atoms with E-state index >= 15 is 0 Å². The van der Waals surface area contributed by atoms with Crippen LogP contribution in [0.5, 0.6) is 0 Å². The molecule has 2 heterocycles. The average Bonchev–Trinajstić information content (AvgIpc) is 3.31. The Labute approximate surface area is 198 Å². The Hall–Kier alpha value is -3.30. The van der Waals surface area contributed by atoms with E-state index in [9.17, 15) is 0 Å². The lowest BCUT2D eigenvalue weighted by Crippen LogP contribution is -2.37. The standard InChI is InChI=1S/C24H29N7OS/c1-18(2)13-30-17-32-33-14-22(23(30)25)24(29-20-6-4-3-5-7-20)27-12-19-8-10-21(11-9-19)31-16-26-15-28-31/h3-11,15-16,18,25,27,29H,12-14,17H2,1-2H3/b24-22+,25-23?. The molecule has 3 aromatic rings. The molecule has 1 aliphatic rings. The number of hydrogen-bond acceptors (Lipinski definition) is 7. The van der Waals surface area contributed by atoms with Gasteiger partial charge in [0, 0.05) is 24.4 Å². The second kappa shape index (κ2) is 11.0. The molecule has 1 saturated heterocycles. The molecule has 1 aromatic heterocycles. The Morgan fingerprint density at radius 3 is 2.64 bits per heavy atom. The fourth-order valence-corrected chi connectivity index (χ4v) is 4.18. The summed E-state index contributed by atoms with van der Waals surface area (Å²) in [7, 11) is 0. The summed E-state index contributed by atoms with van der Waals surface area (Å²) >= 11 is 1.38. The lowest BCUT2D eigenvalue weighted by atomic mass is 10.1. The molecule has 9 heteroatoms. The molecule has 3 N–H and O–H groups in total. The van der Waals surface area contributed by atoms with Crippen molar-refractivity contribution >= 4 is 23.6 Å². The monoisotopic (exact) mass is 463 g/mol. The highest BCUT2D eigenvalue weighted by Crippen LogP contribution is 2.23. The zero-order chi connectivity index (χ0) is 23.0. The van der Waals surface area contributed by atoms with Gasteiger partial charge in [0.05, 0.1) is 11.4 Å². The number of amidine groups is 1. The molecule has 1 fully saturated rings. The van der Waals surface area contributed by atoms with Gasteiger partial charge in [0.2, 0.25) is 0 Å². The molecule has 0 aliphatic carbocycles. The van der Waals surface area contributed by atoms with Crippen molar-refractivity contribution in [1.29, 1.82) is 5.41 Å². The van der Waals surface area contributed by atoms with Crippen LogP contribution in [0.25, 0.3) is 5.69 Å². The predicted molar refractivity (Wildman–Crippen MR) is 133 cm³/mol. The molecule has 4 rings (SSSR count). The van der Waals surface area contributed by atoms with Crippen LogP contribution < -0.4 is 10.6 Å². The van der Waals surface area contributed by atoms with Crippen molar-refractivity contribution in [3.8, 4) is 5.69 Å². The Morgan fingerprint density at radius 2 is 1.94 bits per heavy atom. The molecule has 0 radical (unpaired) electrons. The average molecular weight is 464 g/mol. The largest absolute Gasteiger partial charge is 0.367 e. The Kier molecular flexibility index (Phi) is 7.64. The second-order valence-corrected chi connectivity index (χ2v) is 8.94. The molecule has 8 nitrogen and oxygen atoms in total. The van der Waals surface area contributed by atoms with Crippen molar-refractivity contribution < 1.29 is 4.18 Å². The number of benzene rings is 2. The van der Waals surface area contributed by atoms with Crippen molar-refractivity contribution in [3.63, 3.8) is 0 Å². The minimum atomic E-state index is 0.410. The summed E-state index contributed by atoms with van der Waals surface area (Å²) in [4.78, 5) is 5.99. The molecule has 2 aromatic carbocycles. The van der Waals surface area contributed by atoms with Crippen LogP contribution in [-0.2, 0) is 10.7 Å². The van der Waals surface area contributed by atoms with Gasteiger partial charge in [0.1, 0.15) is 31.0 Å². The van der Waals surface area contributed by atoms with Crippen molar-refractivity contribution in [2.75, 3.05) is 24.3 Å². The Bertz CT molecular complexity index is 1070. The van der Waals surface area contributed by atoms with Gasteiger partial charge in [-0.3, -0.25) is 9.59 Å². The van der Waals surface area contributed by atoms with Crippen LogP contribution >= 0.6 is 12.0 Å². The van der Waals surface area contributed by atoms with Crippen LogP contribution in [0.15, 0.2) is 78.6 Å². The number of anilines is 1. The quantitative estimate of drug-likeness (QED) is 0.430. The lowest BCUT2D eigenvalue weighted by Gasteiger charge is -2.26. The van der Waals surface area contributed by atoms with Gasteiger partial charge in [-0.05, 0) is 47.8 Å². The third kappa shape index (κ3) is 6.15. The molecular weight excluding hydrogens is 434 g/mol. The number of nitrogens with one attached hydrogen (secondary N) is 3. The van der Waals surface area contributed by atoms with Crippen molar-refractivity contribution in [2.24, 2.45) is 5.92 Å². The van der Waals surface area contributed by atoms with Gasteiger partial charge in [-0.1, -0.05) is 44.2 Å². The molecule has 0 bridgehead atoms. The van der Waals surface area contributed by atoms with Gasteiger partial charge < -0.3 is 15.5 Å². The maximum Gasteiger partial charge on any atom is 0.138 e. The normalized spacial score (nSPS) is 16.0. The molecule has 0 saturated carbocycles. The van der Waals surface area contributed by atoms with E-state index in [0.717, 1.165) is 34.9 Å². The molecule has 0 unspecified atom stereocenters. The third-order valence-corrected chi connectivity index (χ3v) is 5.80. The molecule has 33 heavy (non-hydrogen) atoms. The molecule has 0 amide bonds. The predicted octanol–water partition coefficient (Wildman–Crippen LogP) is 4.25. The first-order valence-electron chi connectivity index (χ1n) is 10.9. The summed E-state index contributed by atoms with van der Waals surface area (Å²) in [5.41, 5.74) is 3.93. The van der Waals surface area contributed by atoms with E-state index in [2.05, 4.69) is 46.7 Å². The number of nitrogens with zero attached hydrogens (tertiary/aromatic N) is 4. The van der Waals surface area contributed by atoms with E-state index in [1.807, 2.05) is 47.4 Å². The topological polar surface area (TPSA) is 91.1 Å². The summed E-state index contributed by atoms with van der Waals surface area (Å²) in [6, 6.07) is 18.2. The Balaban J connectivity index is 1.57. The molecule has 0 atom stereocenters. The molecule has 0 spiro atoms. The second-order valence-electron chi connectivity index (χ2n) is 8.18. The summed E-state index contributed by atoms with van der Waals surface area (Å²) in [6.45, 7) is 6.09. The molecule has 1 aliphatic heterocycles. The number of para-hydroxylation sites is 1. The summed E-state index contributed by atoms with van der Waals surface area (Å²) in [6.07, 6.45) is 3.20. The number of rotatable bonds is 8. The van der Waals surface area contributed by atoms with E-state index < -0.39 is 0 Å². The first kappa shape index (κ1) is 22.9. The molecular formula is C24H29N7OS. The zero-order valence-electron chi connectivity index (χ0n) is 18.9. The van der Waals surface area contributed by atoms with Crippen LogP contribution in [0.1, 0.15) is 19.4 Å². The van der Waals surface area contributed by atoms with Crippen molar-refractivity contribution in [1.82, 2.24) is 25.0 Å². The lowest BCUT2D eigenvalue weighted by molar-refractivity contribution is 0.208. The van der Waals surface area contributed by atoms with Crippen LogP contribution in [0.4, 0.5) is 5.69 Å². The first-order chi connectivity index (χ1) is 16.1. The van der Waals surface area contributed by atoms with E-state index in [1.54, 1.807) is 11.0 Å². The van der Waals surface area contributed by atoms with Gasteiger partial charge in [-0.2, -0.15) is 5.10 Å². The highest BCUT2D eigenvalue weighted by atomic mass is 32.2. The minimum Gasteiger partial charge on any atom is -0.367 e. The van der Waals surface area contributed by atoms with Gasteiger partial charge in [-0.15, -0.1) is 0 Å². The highest BCUT2D eigenvalue weighted by Gasteiger charge is 2.23. The fourth-order valence-electron chi connectivity index (χ4n) is 3.49. The SMILES string of the molecule is CC(C)CN1COSC/C(=C(/NCc2ccc(-n3cncn3)cc2)Nc2ccccc2)C1=N. The van der Waals surface area contributed by atoms with E-state index in [1.165, 1.54) is 18.4 Å². The van der Waals surface area contributed by atoms with Gasteiger partial charge >= 0.3 is 0 Å². The Morgan fingerprint density at radius 1 is 1.15 bits per heavy atom. The first-order valence-corrected chi connectivity index (χ1v) is 11.8. The number of hydrogen-bond donors (Lipinski definition) is 3. The van der Waals surface area contributed by atoms with Crippen LogP contribution in [-0.4, -0.2) is 44.5 Å². The fraction of sp³-hybridized carbons (Fsp3) is 0.292. The third-order valence-electron chi connectivity index (χ3n) is 5.12. The van der Waals surface area contributed by atoms with E-state index in [0.29, 0.717) is 30.8 Å². The highest BCUT2D eigenvalue weighted by molar-refractivity contribution is 7.94. The van der Waals surface area contributed by atoms with Crippen molar-refractivity contribution in [2.45, 2.75) is 20.4 Å². The maximum absolute atomic E-state index is 8.90. The zero-order valence-corrected chi connectivity index (χ0v) is 19.7. The van der Waals surface area contributed by atoms with Crippen LogP contribution in [0.3, 0.4) is 0 Å². The van der Waals surface area contributed by atoms with E-state index in [-0.39, 0.29) is 0 Å². The van der Waals surface area contributed by atoms with Crippen LogP contribution in [0.2, 0.25) is 0 Å². The van der Waals surface area contributed by atoms with Crippen molar-refractivity contribution in [3.05, 3.63) is 84.2 Å². The van der Waals surface area contributed by atoms with E-state index in [4.69, 9.17) is 9.59 Å². The van der Waals surface area contributed by atoms with Gasteiger partial charge in [-0.25, -0.2) is 9.67 Å².